The van der Waals surface area contributed by atoms with E-state index >= 15 is 0 Å². The van der Waals surface area contributed by atoms with Crippen molar-refractivity contribution in [3.63, 3.8) is 0 Å². The van der Waals surface area contributed by atoms with Gasteiger partial charge in [0.1, 0.15) is 0 Å². The summed E-state index contributed by atoms with van der Waals surface area (Å²) in [6.07, 6.45) is 0.562. The van der Waals surface area contributed by atoms with Gasteiger partial charge in [-0.2, -0.15) is 0 Å². The summed E-state index contributed by atoms with van der Waals surface area (Å²) in [5.41, 5.74) is 2.29. The summed E-state index contributed by atoms with van der Waals surface area (Å²) < 4.78 is 0. The van der Waals surface area contributed by atoms with Crippen molar-refractivity contribution in [1.82, 2.24) is 0 Å². The molecule has 0 saturated carbocycles. The number of nitrogens with zero attached hydrogens (tertiary/aromatic N) is 1. The van der Waals surface area contributed by atoms with Gasteiger partial charge in [0, 0.05) is 20.0 Å². The first kappa shape index (κ1) is 12.8. The van der Waals surface area contributed by atoms with Gasteiger partial charge >= 0.3 is 0 Å². The Labute approximate surface area is 112 Å². The van der Waals surface area contributed by atoms with Crippen molar-refractivity contribution in [2.24, 2.45) is 0 Å². The lowest BCUT2D eigenvalue weighted by Crippen LogP contribution is -2.17. The number of hydrogen-bond donors (Lipinski definition) is 0. The number of rotatable bonds is 5. The minimum absolute atomic E-state index is 0.222. The second kappa shape index (κ2) is 5.83. The average molecular weight is 259 g/mol. The number of benzene rings is 1. The molecule has 2 rings (SSSR count). The molecule has 0 amide bonds. The summed E-state index contributed by atoms with van der Waals surface area (Å²) in [5, 5.41) is 1.99. The molecule has 94 valence electrons. The van der Waals surface area contributed by atoms with Crippen LogP contribution in [0.25, 0.3) is 0 Å². The van der Waals surface area contributed by atoms with Crippen molar-refractivity contribution in [2.45, 2.75) is 19.9 Å². The van der Waals surface area contributed by atoms with Crippen molar-refractivity contribution in [2.75, 3.05) is 11.9 Å². The Balaban J connectivity index is 2.17. The smallest absolute Gasteiger partial charge is 0.174 e. The van der Waals surface area contributed by atoms with Crippen LogP contribution in [-0.2, 0) is 6.54 Å². The Kier molecular flexibility index (Phi) is 4.15. The lowest BCUT2D eigenvalue weighted by atomic mass is 10.2. The molecular formula is C15H17NOS. The van der Waals surface area contributed by atoms with E-state index in [1.54, 1.807) is 0 Å². The predicted octanol–water partition coefficient (Wildman–Crippen LogP) is 3.98. The first-order valence-corrected chi connectivity index (χ1v) is 6.96. The summed E-state index contributed by atoms with van der Waals surface area (Å²) in [6, 6.07) is 12.3. The second-order valence-electron chi connectivity index (χ2n) is 4.25. The molecule has 0 N–H and O–H groups in total. The van der Waals surface area contributed by atoms with E-state index in [1.165, 1.54) is 16.9 Å². The van der Waals surface area contributed by atoms with E-state index in [0.29, 0.717) is 6.42 Å². The average Bonchev–Trinajstić information content (AvgIpc) is 2.88. The van der Waals surface area contributed by atoms with Gasteiger partial charge in [-0.25, -0.2) is 0 Å². The molecule has 18 heavy (non-hydrogen) atoms. The lowest BCUT2D eigenvalue weighted by Gasteiger charge is -2.19. The topological polar surface area (TPSA) is 20.3 Å². The maximum Gasteiger partial charge on any atom is 0.174 e. The van der Waals surface area contributed by atoms with Crippen LogP contribution < -0.4 is 4.90 Å². The summed E-state index contributed by atoms with van der Waals surface area (Å²) in [6.45, 7) is 2.73. The van der Waals surface area contributed by atoms with Gasteiger partial charge in [0.25, 0.3) is 0 Å². The maximum atomic E-state index is 11.8. The fourth-order valence-corrected chi connectivity index (χ4v) is 2.87. The third-order valence-electron chi connectivity index (χ3n) is 2.89. The monoisotopic (exact) mass is 259 g/mol. The van der Waals surface area contributed by atoms with Crippen LogP contribution in [0.3, 0.4) is 0 Å². The Hall–Kier alpha value is -1.61. The molecule has 0 bridgehead atoms. The normalized spacial score (nSPS) is 10.3. The van der Waals surface area contributed by atoms with Crippen molar-refractivity contribution in [3.8, 4) is 0 Å². The molecule has 3 heteroatoms. The number of hydrogen-bond acceptors (Lipinski definition) is 3. The number of ketones is 1. The van der Waals surface area contributed by atoms with E-state index in [0.717, 1.165) is 17.1 Å². The summed E-state index contributed by atoms with van der Waals surface area (Å²) in [7, 11) is 2.03. The van der Waals surface area contributed by atoms with Gasteiger partial charge in [0.15, 0.2) is 5.78 Å². The van der Waals surface area contributed by atoms with E-state index < -0.39 is 0 Å². The molecule has 0 radical (unpaired) electrons. The van der Waals surface area contributed by atoms with E-state index in [9.17, 15) is 4.79 Å². The zero-order valence-electron chi connectivity index (χ0n) is 10.7. The van der Waals surface area contributed by atoms with E-state index in [4.69, 9.17) is 0 Å². The van der Waals surface area contributed by atoms with Crippen LogP contribution in [0.4, 0.5) is 5.69 Å². The number of thiophene rings is 1. The minimum atomic E-state index is 0.222. The third-order valence-corrected chi connectivity index (χ3v) is 3.84. The molecule has 0 fully saturated rings. The van der Waals surface area contributed by atoms with Crippen molar-refractivity contribution >= 4 is 22.8 Å². The predicted molar refractivity (Wildman–Crippen MR) is 77.5 cm³/mol. The molecule has 0 unspecified atom stereocenters. The summed E-state index contributed by atoms with van der Waals surface area (Å²) in [4.78, 5) is 14.8. The SMILES string of the molecule is CCC(=O)c1sccc1N(C)Cc1ccccc1. The molecule has 0 spiro atoms. The van der Waals surface area contributed by atoms with Crippen molar-refractivity contribution in [3.05, 3.63) is 52.2 Å². The Morgan fingerprint density at radius 2 is 1.94 bits per heavy atom. The summed E-state index contributed by atoms with van der Waals surface area (Å²) in [5.74, 6) is 0.222. The van der Waals surface area contributed by atoms with E-state index in [2.05, 4.69) is 17.0 Å². The van der Waals surface area contributed by atoms with Crippen LogP contribution in [0.5, 0.6) is 0 Å². The fourth-order valence-electron chi connectivity index (χ4n) is 1.91. The zero-order chi connectivity index (χ0) is 13.0. The van der Waals surface area contributed by atoms with Gasteiger partial charge in [-0.15, -0.1) is 11.3 Å². The van der Waals surface area contributed by atoms with Crippen LogP contribution in [-0.4, -0.2) is 12.8 Å². The molecule has 1 heterocycles. The highest BCUT2D eigenvalue weighted by Crippen LogP contribution is 2.27. The van der Waals surface area contributed by atoms with Crippen LogP contribution in [0.1, 0.15) is 28.6 Å². The van der Waals surface area contributed by atoms with Crippen molar-refractivity contribution in [1.29, 1.82) is 0 Å². The molecule has 0 aliphatic heterocycles. The quantitative estimate of drug-likeness (QED) is 0.757. The zero-order valence-corrected chi connectivity index (χ0v) is 11.5. The maximum absolute atomic E-state index is 11.8. The van der Waals surface area contributed by atoms with Crippen LogP contribution in [0, 0.1) is 0 Å². The highest BCUT2D eigenvalue weighted by atomic mass is 32.1. The van der Waals surface area contributed by atoms with Gasteiger partial charge in [-0.1, -0.05) is 37.3 Å². The van der Waals surface area contributed by atoms with E-state index in [-0.39, 0.29) is 5.78 Å². The first-order chi connectivity index (χ1) is 8.72. The van der Waals surface area contributed by atoms with Gasteiger partial charge in [0.2, 0.25) is 0 Å². The van der Waals surface area contributed by atoms with Crippen molar-refractivity contribution < 1.29 is 4.79 Å². The van der Waals surface area contributed by atoms with Gasteiger partial charge < -0.3 is 4.90 Å². The number of carbonyl (C=O) groups excluding carboxylic acids is 1. The first-order valence-electron chi connectivity index (χ1n) is 6.08. The molecule has 0 aliphatic rings. The molecule has 2 aromatic rings. The molecule has 1 aromatic carbocycles. The lowest BCUT2D eigenvalue weighted by molar-refractivity contribution is 0.0992. The highest BCUT2D eigenvalue weighted by molar-refractivity contribution is 7.12. The molecule has 0 atom stereocenters. The van der Waals surface area contributed by atoms with Crippen LogP contribution in [0.2, 0.25) is 0 Å². The van der Waals surface area contributed by atoms with Crippen LogP contribution in [0.15, 0.2) is 41.8 Å². The van der Waals surface area contributed by atoms with Crippen LogP contribution >= 0.6 is 11.3 Å². The standard InChI is InChI=1S/C15H17NOS/c1-3-14(17)15-13(9-10-18-15)16(2)11-12-7-5-4-6-8-12/h4-10H,3,11H2,1-2H3. The third kappa shape index (κ3) is 2.79. The fraction of sp³-hybridized carbons (Fsp3) is 0.267. The Bertz CT molecular complexity index is 518. The minimum Gasteiger partial charge on any atom is -0.369 e. The molecule has 2 nitrogen and oxygen atoms in total. The van der Waals surface area contributed by atoms with Gasteiger partial charge in [0.05, 0.1) is 10.6 Å². The highest BCUT2D eigenvalue weighted by Gasteiger charge is 2.14. The largest absolute Gasteiger partial charge is 0.369 e. The Morgan fingerprint density at radius 3 is 2.61 bits per heavy atom. The molecular weight excluding hydrogens is 242 g/mol. The number of carbonyl (C=O) groups is 1. The second-order valence-corrected chi connectivity index (χ2v) is 5.17. The Morgan fingerprint density at radius 1 is 1.22 bits per heavy atom. The van der Waals surface area contributed by atoms with Gasteiger partial charge in [-0.3, -0.25) is 4.79 Å². The molecule has 1 aromatic heterocycles. The number of Topliss-reactive ketones (excluding diaryl/α,β-unsaturated/α-hetero) is 1. The summed E-state index contributed by atoms with van der Waals surface area (Å²) >= 11 is 1.53. The van der Waals surface area contributed by atoms with E-state index in [1.807, 2.05) is 43.6 Å². The molecule has 0 aliphatic carbocycles. The van der Waals surface area contributed by atoms with Gasteiger partial charge in [-0.05, 0) is 17.0 Å². The molecule has 0 saturated heterocycles. The number of anilines is 1.